The summed E-state index contributed by atoms with van der Waals surface area (Å²) in [5, 5.41) is 0.294. The molecule has 15 heavy (non-hydrogen) atoms. The molecule has 1 aromatic rings. The van der Waals surface area contributed by atoms with E-state index in [0.29, 0.717) is 11.3 Å². The lowest BCUT2D eigenvalue weighted by molar-refractivity contribution is 0.322. The molecule has 0 saturated heterocycles. The summed E-state index contributed by atoms with van der Waals surface area (Å²) in [6.07, 6.45) is 3.47. The van der Waals surface area contributed by atoms with Crippen LogP contribution in [-0.4, -0.2) is 12.0 Å². The van der Waals surface area contributed by atoms with Gasteiger partial charge >= 0.3 is 0 Å². The number of benzene rings is 1. The third-order valence-electron chi connectivity index (χ3n) is 2.95. The zero-order valence-corrected chi connectivity index (χ0v) is 9.83. The summed E-state index contributed by atoms with van der Waals surface area (Å²) in [5.74, 6) is 1.65. The lowest BCUT2D eigenvalue weighted by Crippen LogP contribution is -2.01. The first-order chi connectivity index (χ1) is 7.27. The lowest BCUT2D eigenvalue weighted by Gasteiger charge is -2.08. The van der Waals surface area contributed by atoms with Gasteiger partial charge in [-0.3, -0.25) is 0 Å². The van der Waals surface area contributed by atoms with Crippen molar-refractivity contribution < 1.29 is 4.74 Å². The molecule has 0 radical (unpaired) electrons. The van der Waals surface area contributed by atoms with Gasteiger partial charge in [-0.05, 0) is 25.8 Å². The maximum Gasteiger partial charge on any atom is 0.122 e. The van der Waals surface area contributed by atoms with Gasteiger partial charge in [-0.15, -0.1) is 11.6 Å². The Morgan fingerprint density at radius 1 is 1.47 bits per heavy atom. The molecule has 0 aromatic heterocycles. The number of halogens is 1. The fraction of sp³-hybridized carbons (Fsp3) is 0.538. The molecule has 2 unspecified atom stereocenters. The molecule has 2 rings (SSSR count). The van der Waals surface area contributed by atoms with Crippen LogP contribution < -0.4 is 4.74 Å². The molecule has 2 heteroatoms. The molecule has 0 bridgehead atoms. The Kier molecular flexibility index (Phi) is 3.53. The van der Waals surface area contributed by atoms with Crippen molar-refractivity contribution in [2.75, 3.05) is 6.61 Å². The van der Waals surface area contributed by atoms with E-state index in [9.17, 15) is 0 Å². The Hall–Kier alpha value is -0.690. The molecule has 0 aliphatic carbocycles. The van der Waals surface area contributed by atoms with Crippen LogP contribution in [0.25, 0.3) is 0 Å². The highest BCUT2D eigenvalue weighted by Crippen LogP contribution is 2.36. The second-order valence-electron chi connectivity index (χ2n) is 4.26. The summed E-state index contributed by atoms with van der Waals surface area (Å²) in [5.41, 5.74) is 1.37. The number of fused-ring (bicyclic) bond motifs is 1. The normalized spacial score (nSPS) is 20.8. The first-order valence-corrected chi connectivity index (χ1v) is 6.07. The van der Waals surface area contributed by atoms with E-state index in [1.165, 1.54) is 18.4 Å². The minimum absolute atomic E-state index is 0.294. The standard InChI is InChI=1S/C13H17ClO/c1-10(14)5-4-6-11-9-15-13-8-3-2-7-12(11)13/h2-3,7-8,10-11H,4-6,9H2,1H3. The summed E-state index contributed by atoms with van der Waals surface area (Å²) < 4.78 is 5.64. The molecule has 1 aromatic carbocycles. The summed E-state index contributed by atoms with van der Waals surface area (Å²) in [6.45, 7) is 2.90. The molecule has 1 aliphatic rings. The highest BCUT2D eigenvalue weighted by Gasteiger charge is 2.22. The maximum atomic E-state index is 5.93. The molecule has 0 N–H and O–H groups in total. The van der Waals surface area contributed by atoms with E-state index in [1.54, 1.807) is 0 Å². The van der Waals surface area contributed by atoms with Gasteiger partial charge in [0.25, 0.3) is 0 Å². The largest absolute Gasteiger partial charge is 0.493 e. The van der Waals surface area contributed by atoms with Crippen LogP contribution in [0.2, 0.25) is 0 Å². The number of ether oxygens (including phenoxy) is 1. The predicted molar refractivity (Wildman–Crippen MR) is 63.8 cm³/mol. The second kappa shape index (κ2) is 4.89. The maximum absolute atomic E-state index is 5.93. The Bertz CT molecular complexity index is 322. The minimum atomic E-state index is 0.294. The molecule has 0 spiro atoms. The number of alkyl halides is 1. The first kappa shape index (κ1) is 10.8. The highest BCUT2D eigenvalue weighted by atomic mass is 35.5. The number of para-hydroxylation sites is 1. The van der Waals surface area contributed by atoms with Crippen molar-refractivity contribution in [1.82, 2.24) is 0 Å². The average Bonchev–Trinajstić information content (AvgIpc) is 2.62. The van der Waals surface area contributed by atoms with Crippen LogP contribution in [0.1, 0.15) is 37.7 Å². The van der Waals surface area contributed by atoms with Crippen LogP contribution in [0.5, 0.6) is 5.75 Å². The highest BCUT2D eigenvalue weighted by molar-refractivity contribution is 6.20. The summed E-state index contributed by atoms with van der Waals surface area (Å²) in [4.78, 5) is 0. The van der Waals surface area contributed by atoms with E-state index in [0.717, 1.165) is 18.8 Å². The third-order valence-corrected chi connectivity index (χ3v) is 3.17. The Labute approximate surface area is 96.4 Å². The van der Waals surface area contributed by atoms with Crippen LogP contribution in [0.3, 0.4) is 0 Å². The fourth-order valence-electron chi connectivity index (χ4n) is 2.11. The van der Waals surface area contributed by atoms with Crippen molar-refractivity contribution in [2.24, 2.45) is 0 Å². The molecule has 0 amide bonds. The molecule has 2 atom stereocenters. The van der Waals surface area contributed by atoms with Crippen LogP contribution >= 0.6 is 11.6 Å². The third kappa shape index (κ3) is 2.66. The van der Waals surface area contributed by atoms with Gasteiger partial charge < -0.3 is 4.74 Å². The second-order valence-corrected chi connectivity index (χ2v) is 5.00. The molecule has 0 saturated carbocycles. The van der Waals surface area contributed by atoms with Crippen LogP contribution in [0.15, 0.2) is 24.3 Å². The number of hydrogen-bond acceptors (Lipinski definition) is 1. The van der Waals surface area contributed by atoms with E-state index in [1.807, 2.05) is 6.07 Å². The van der Waals surface area contributed by atoms with E-state index in [2.05, 4.69) is 25.1 Å². The van der Waals surface area contributed by atoms with Gasteiger partial charge in [-0.2, -0.15) is 0 Å². The first-order valence-electron chi connectivity index (χ1n) is 5.63. The van der Waals surface area contributed by atoms with Gasteiger partial charge in [0.15, 0.2) is 0 Å². The van der Waals surface area contributed by atoms with Crippen molar-refractivity contribution >= 4 is 11.6 Å². The monoisotopic (exact) mass is 224 g/mol. The van der Waals surface area contributed by atoms with Crippen LogP contribution in [-0.2, 0) is 0 Å². The Morgan fingerprint density at radius 2 is 2.27 bits per heavy atom. The quantitative estimate of drug-likeness (QED) is 0.704. The molecular weight excluding hydrogens is 208 g/mol. The van der Waals surface area contributed by atoms with E-state index >= 15 is 0 Å². The molecular formula is C13H17ClO. The predicted octanol–water partition coefficient (Wildman–Crippen LogP) is 3.96. The van der Waals surface area contributed by atoms with Gasteiger partial charge in [-0.1, -0.05) is 24.6 Å². The number of rotatable bonds is 4. The van der Waals surface area contributed by atoms with Gasteiger partial charge in [-0.25, -0.2) is 0 Å². The van der Waals surface area contributed by atoms with Crippen molar-refractivity contribution in [3.05, 3.63) is 29.8 Å². The zero-order valence-electron chi connectivity index (χ0n) is 9.08. The van der Waals surface area contributed by atoms with Crippen molar-refractivity contribution in [2.45, 2.75) is 37.5 Å². The zero-order chi connectivity index (χ0) is 10.7. The molecule has 1 heterocycles. The fourth-order valence-corrected chi connectivity index (χ4v) is 2.27. The van der Waals surface area contributed by atoms with Crippen molar-refractivity contribution in [3.63, 3.8) is 0 Å². The lowest BCUT2D eigenvalue weighted by atomic mass is 9.95. The Morgan fingerprint density at radius 3 is 3.07 bits per heavy atom. The minimum Gasteiger partial charge on any atom is -0.493 e. The smallest absolute Gasteiger partial charge is 0.122 e. The van der Waals surface area contributed by atoms with E-state index in [4.69, 9.17) is 16.3 Å². The molecule has 0 fully saturated rings. The molecule has 82 valence electrons. The molecule has 1 aliphatic heterocycles. The Balaban J connectivity index is 1.90. The molecule has 1 nitrogen and oxygen atoms in total. The van der Waals surface area contributed by atoms with Gasteiger partial charge in [0.05, 0.1) is 6.61 Å². The average molecular weight is 225 g/mol. The van der Waals surface area contributed by atoms with Crippen LogP contribution in [0, 0.1) is 0 Å². The number of hydrogen-bond donors (Lipinski definition) is 0. The van der Waals surface area contributed by atoms with E-state index < -0.39 is 0 Å². The summed E-state index contributed by atoms with van der Waals surface area (Å²) in [7, 11) is 0. The van der Waals surface area contributed by atoms with Crippen LogP contribution in [0.4, 0.5) is 0 Å². The topological polar surface area (TPSA) is 9.23 Å². The SMILES string of the molecule is CC(Cl)CCCC1COc2ccccc21. The summed E-state index contributed by atoms with van der Waals surface area (Å²) in [6, 6.07) is 8.35. The van der Waals surface area contributed by atoms with E-state index in [-0.39, 0.29) is 0 Å². The van der Waals surface area contributed by atoms with Crippen molar-refractivity contribution in [1.29, 1.82) is 0 Å². The summed E-state index contributed by atoms with van der Waals surface area (Å²) >= 11 is 5.93. The van der Waals surface area contributed by atoms with Gasteiger partial charge in [0, 0.05) is 16.9 Å². The van der Waals surface area contributed by atoms with Crippen molar-refractivity contribution in [3.8, 4) is 5.75 Å². The van der Waals surface area contributed by atoms with Gasteiger partial charge in [0.1, 0.15) is 5.75 Å². The van der Waals surface area contributed by atoms with Gasteiger partial charge in [0.2, 0.25) is 0 Å².